The minimum absolute atomic E-state index is 0.0672. The molecule has 9 heteroatoms. The lowest BCUT2D eigenvalue weighted by atomic mass is 9.64. The van der Waals surface area contributed by atoms with Crippen molar-refractivity contribution >= 4 is 28.6 Å². The zero-order valence-corrected chi connectivity index (χ0v) is 23.9. The Labute approximate surface area is 239 Å². The van der Waals surface area contributed by atoms with Crippen molar-refractivity contribution in [2.24, 2.45) is 11.7 Å². The van der Waals surface area contributed by atoms with Crippen LogP contribution in [0, 0.1) is 11.7 Å². The molecule has 3 aromatic rings. The highest BCUT2D eigenvalue weighted by molar-refractivity contribution is 5.96. The Morgan fingerprint density at radius 2 is 1.90 bits per heavy atom. The van der Waals surface area contributed by atoms with Crippen LogP contribution in [0.4, 0.5) is 4.39 Å². The predicted molar refractivity (Wildman–Crippen MR) is 155 cm³/mol. The molecule has 1 fully saturated rings. The molecule has 5 N–H and O–H groups in total. The Balaban J connectivity index is 1.60. The molecule has 8 nitrogen and oxygen atoms in total. The van der Waals surface area contributed by atoms with E-state index in [1.165, 1.54) is 12.1 Å². The Morgan fingerprint density at radius 3 is 2.61 bits per heavy atom. The lowest BCUT2D eigenvalue weighted by molar-refractivity contribution is -0.144. The summed E-state index contributed by atoms with van der Waals surface area (Å²) in [5.41, 5.74) is 7.96. The number of carbonyl (C=O) groups is 3. The number of piperidine rings is 1. The molecule has 1 spiro atoms. The van der Waals surface area contributed by atoms with Crippen LogP contribution in [0.5, 0.6) is 0 Å². The smallest absolute Gasteiger partial charge is 0.306 e. The Hall–Kier alpha value is -3.56. The summed E-state index contributed by atoms with van der Waals surface area (Å²) in [5, 5.41) is 7.01. The standard InChI is InChI=1S/C32H39FN4O4/c1-4-41-27(38)17-23-21-7-5-6-8-24(21)32(11-13-35-14-12-32)28(23)29(39)26(37-30(40)31(2,3)34)15-19-18-36-25-10-9-20(33)16-22(19)25/h5-10,16,18,23,26,28,35-36H,4,11-15,17,34H2,1-3H3,(H,37,40)/t23-,26+,28?/m0/s1. The number of amides is 1. The number of ketones is 1. The van der Waals surface area contributed by atoms with Gasteiger partial charge in [-0.2, -0.15) is 0 Å². The van der Waals surface area contributed by atoms with Crippen LogP contribution in [0.1, 0.15) is 62.6 Å². The lowest BCUT2D eigenvalue weighted by Gasteiger charge is -2.42. The molecule has 2 heterocycles. The van der Waals surface area contributed by atoms with Gasteiger partial charge in [-0.25, -0.2) is 4.39 Å². The van der Waals surface area contributed by atoms with E-state index in [0.717, 1.165) is 42.6 Å². The first kappa shape index (κ1) is 29.0. The average Bonchev–Trinajstić information content (AvgIpc) is 3.44. The van der Waals surface area contributed by atoms with Gasteiger partial charge in [-0.1, -0.05) is 24.3 Å². The van der Waals surface area contributed by atoms with Gasteiger partial charge < -0.3 is 26.1 Å². The topological polar surface area (TPSA) is 126 Å². The van der Waals surface area contributed by atoms with Crippen LogP contribution in [0.15, 0.2) is 48.7 Å². The molecule has 1 aliphatic carbocycles. The predicted octanol–water partition coefficient (Wildman–Crippen LogP) is 3.63. The molecular weight excluding hydrogens is 523 g/mol. The van der Waals surface area contributed by atoms with Crippen LogP contribution >= 0.6 is 0 Å². The molecule has 5 rings (SSSR count). The van der Waals surface area contributed by atoms with Crippen molar-refractivity contribution in [2.75, 3.05) is 19.7 Å². The van der Waals surface area contributed by atoms with Crippen molar-refractivity contribution in [3.8, 4) is 0 Å². The fourth-order valence-electron chi connectivity index (χ4n) is 6.88. The van der Waals surface area contributed by atoms with Crippen LogP contribution < -0.4 is 16.4 Å². The van der Waals surface area contributed by atoms with Gasteiger partial charge in [0.15, 0.2) is 5.78 Å². The second-order valence-electron chi connectivity index (χ2n) is 11.9. The number of aromatic nitrogens is 1. The van der Waals surface area contributed by atoms with E-state index in [4.69, 9.17) is 10.5 Å². The Bertz CT molecular complexity index is 1450. The molecule has 1 saturated heterocycles. The summed E-state index contributed by atoms with van der Waals surface area (Å²) in [6.07, 6.45) is 3.42. The summed E-state index contributed by atoms with van der Waals surface area (Å²) < 4.78 is 19.6. The summed E-state index contributed by atoms with van der Waals surface area (Å²) in [4.78, 5) is 44.2. The van der Waals surface area contributed by atoms with Crippen molar-refractivity contribution in [3.63, 3.8) is 0 Å². The van der Waals surface area contributed by atoms with E-state index >= 15 is 0 Å². The monoisotopic (exact) mass is 562 g/mol. The van der Waals surface area contributed by atoms with Gasteiger partial charge in [-0.15, -0.1) is 0 Å². The van der Waals surface area contributed by atoms with Crippen LogP contribution in [-0.2, 0) is 31.0 Å². The van der Waals surface area contributed by atoms with Crippen molar-refractivity contribution in [2.45, 2.75) is 69.4 Å². The number of nitrogens with one attached hydrogen (secondary N) is 3. The fourth-order valence-corrected chi connectivity index (χ4v) is 6.88. The number of esters is 1. The van der Waals surface area contributed by atoms with E-state index in [1.807, 2.05) is 18.2 Å². The van der Waals surface area contributed by atoms with Crippen molar-refractivity contribution in [3.05, 3.63) is 71.2 Å². The van der Waals surface area contributed by atoms with Gasteiger partial charge in [0, 0.05) is 40.8 Å². The van der Waals surface area contributed by atoms with E-state index in [2.05, 4.69) is 21.7 Å². The molecule has 0 saturated carbocycles. The van der Waals surface area contributed by atoms with E-state index in [-0.39, 0.29) is 37.0 Å². The number of carbonyl (C=O) groups excluding carboxylic acids is 3. The summed E-state index contributed by atoms with van der Waals surface area (Å²) in [6.45, 7) is 6.67. The molecule has 1 unspecified atom stereocenters. The van der Waals surface area contributed by atoms with Crippen LogP contribution in [0.2, 0.25) is 0 Å². The highest BCUT2D eigenvalue weighted by Gasteiger charge is 2.56. The van der Waals surface area contributed by atoms with E-state index in [1.54, 1.807) is 33.0 Å². The molecule has 2 aliphatic rings. The molecule has 1 aliphatic heterocycles. The molecule has 3 atom stereocenters. The summed E-state index contributed by atoms with van der Waals surface area (Å²) in [5.74, 6) is -2.32. The third kappa shape index (κ3) is 5.53. The molecule has 1 amide bonds. The largest absolute Gasteiger partial charge is 0.466 e. The summed E-state index contributed by atoms with van der Waals surface area (Å²) in [7, 11) is 0. The van der Waals surface area contributed by atoms with Gasteiger partial charge in [0.1, 0.15) is 5.82 Å². The third-order valence-electron chi connectivity index (χ3n) is 8.78. The molecule has 41 heavy (non-hydrogen) atoms. The summed E-state index contributed by atoms with van der Waals surface area (Å²) >= 11 is 0. The van der Waals surface area contributed by atoms with Gasteiger partial charge in [0.25, 0.3) is 0 Å². The Kier molecular flexibility index (Phi) is 8.03. The molecule has 2 aromatic carbocycles. The number of rotatable bonds is 9. The number of fused-ring (bicyclic) bond motifs is 3. The fraction of sp³-hybridized carbons (Fsp3) is 0.469. The SMILES string of the molecule is CCOC(=O)C[C@H]1c2ccccc2C2(CCNCC2)C1C(=O)[C@@H](Cc1c[nH]c2ccc(F)cc12)NC(=O)C(C)(C)N. The second kappa shape index (κ2) is 11.4. The third-order valence-corrected chi connectivity index (χ3v) is 8.78. The number of H-pyrrole nitrogens is 1. The number of ether oxygens (including phenoxy) is 1. The lowest BCUT2D eigenvalue weighted by Crippen LogP contribution is -2.57. The number of aromatic amines is 1. The Morgan fingerprint density at radius 1 is 1.17 bits per heavy atom. The molecule has 1 aromatic heterocycles. The van der Waals surface area contributed by atoms with E-state index in [0.29, 0.717) is 10.9 Å². The highest BCUT2D eigenvalue weighted by atomic mass is 19.1. The molecule has 0 radical (unpaired) electrons. The van der Waals surface area contributed by atoms with Gasteiger partial charge >= 0.3 is 5.97 Å². The van der Waals surface area contributed by atoms with Crippen molar-refractivity contribution in [1.29, 1.82) is 0 Å². The van der Waals surface area contributed by atoms with E-state index in [9.17, 15) is 18.8 Å². The molecule has 218 valence electrons. The first-order valence-corrected chi connectivity index (χ1v) is 14.4. The summed E-state index contributed by atoms with van der Waals surface area (Å²) in [6, 6.07) is 11.5. The van der Waals surface area contributed by atoms with E-state index < -0.39 is 34.7 Å². The van der Waals surface area contributed by atoms with Crippen LogP contribution in [-0.4, -0.2) is 53.9 Å². The number of benzene rings is 2. The maximum absolute atomic E-state index is 14.9. The van der Waals surface area contributed by atoms with Gasteiger partial charge in [0.05, 0.1) is 24.6 Å². The maximum Gasteiger partial charge on any atom is 0.306 e. The van der Waals surface area contributed by atoms with Gasteiger partial charge in [0.2, 0.25) is 5.91 Å². The first-order valence-electron chi connectivity index (χ1n) is 14.4. The zero-order chi connectivity index (χ0) is 29.4. The number of hydrogen-bond donors (Lipinski definition) is 4. The zero-order valence-electron chi connectivity index (χ0n) is 23.9. The number of halogens is 1. The van der Waals surface area contributed by atoms with Crippen LogP contribution in [0.3, 0.4) is 0 Å². The van der Waals surface area contributed by atoms with Crippen molar-refractivity contribution in [1.82, 2.24) is 15.6 Å². The van der Waals surface area contributed by atoms with Crippen molar-refractivity contribution < 1.29 is 23.5 Å². The minimum atomic E-state index is -1.22. The number of hydrogen-bond acceptors (Lipinski definition) is 6. The highest BCUT2D eigenvalue weighted by Crippen LogP contribution is 2.57. The quantitative estimate of drug-likeness (QED) is 0.295. The van der Waals surface area contributed by atoms with Gasteiger partial charge in [-0.05, 0) is 81.6 Å². The normalized spacial score (nSPS) is 20.5. The first-order chi connectivity index (χ1) is 19.5. The van der Waals surface area contributed by atoms with Gasteiger partial charge in [-0.3, -0.25) is 14.4 Å². The average molecular weight is 563 g/mol. The second-order valence-corrected chi connectivity index (χ2v) is 11.9. The molecular formula is C32H39FN4O4. The maximum atomic E-state index is 14.9. The minimum Gasteiger partial charge on any atom is -0.466 e. The number of Topliss-reactive ketones (excluding diaryl/α,β-unsaturated/α-hetero) is 1. The number of nitrogens with two attached hydrogens (primary N) is 1. The molecule has 0 bridgehead atoms. The van der Waals surface area contributed by atoms with Crippen LogP contribution in [0.25, 0.3) is 10.9 Å².